The molecule has 0 bridgehead atoms. The van der Waals surface area contributed by atoms with Crippen molar-refractivity contribution in [1.82, 2.24) is 0 Å². The number of hydrogen-bond acceptors (Lipinski definition) is 0. The molecule has 0 spiro atoms. The van der Waals surface area contributed by atoms with Gasteiger partial charge >= 0.3 is 0 Å². The molecule has 0 saturated carbocycles. The summed E-state index contributed by atoms with van der Waals surface area (Å²) in [5.41, 5.74) is -22.0. The van der Waals surface area contributed by atoms with Gasteiger partial charge in [-0.25, -0.2) is 105 Å². The predicted octanol–water partition coefficient (Wildman–Crippen LogP) is 13.4. The lowest BCUT2D eigenvalue weighted by molar-refractivity contribution is 0.396. The van der Waals surface area contributed by atoms with Gasteiger partial charge in [0.25, 0.3) is 0 Å². The molecular formula is C36H4BF24-. The molecule has 0 N–H and O–H groups in total. The number of rotatable bonds is 4. The van der Waals surface area contributed by atoms with Gasteiger partial charge in [-0.3, -0.25) is 0 Å². The van der Waals surface area contributed by atoms with Crippen molar-refractivity contribution in [2.45, 2.75) is 23.3 Å². The lowest BCUT2D eigenvalue weighted by Crippen LogP contribution is -2.59. The summed E-state index contributed by atoms with van der Waals surface area (Å²) in [7, 11) is 0. The van der Waals surface area contributed by atoms with Crippen molar-refractivity contribution in [2.24, 2.45) is 0 Å². The lowest BCUT2D eigenvalue weighted by atomic mass is 9.02. The number of hydrogen-bond donors (Lipinski definition) is 0. The minimum absolute atomic E-state index is 2.70. The minimum atomic E-state index is -6.83. The molecule has 0 fully saturated rings. The van der Waals surface area contributed by atoms with Crippen molar-refractivity contribution in [3.05, 3.63) is 161 Å². The van der Waals surface area contributed by atoms with E-state index in [-0.39, 0.29) is 0 Å². The fourth-order valence-corrected chi connectivity index (χ4v) is 9.47. The summed E-state index contributed by atoms with van der Waals surface area (Å²) in [6, 6.07) is 0. The summed E-state index contributed by atoms with van der Waals surface area (Å²) in [6.07, 6.45) is -6.83. The Morgan fingerprint density at radius 2 is 0.344 bits per heavy atom. The highest BCUT2D eigenvalue weighted by molar-refractivity contribution is 6.88. The minimum Gasteiger partial charge on any atom is -0.212 e. The predicted molar refractivity (Wildman–Crippen MR) is 158 cm³/mol. The van der Waals surface area contributed by atoms with E-state index in [1.54, 1.807) is 0 Å². The second-order valence-corrected chi connectivity index (χ2v) is 13.9. The molecule has 0 aromatic heterocycles. The first-order valence-electron chi connectivity index (χ1n) is 16.2. The van der Waals surface area contributed by atoms with E-state index >= 15 is 87.8 Å². The van der Waals surface area contributed by atoms with Crippen LogP contribution in [0.5, 0.6) is 0 Å². The largest absolute Gasteiger partial charge is 0.212 e. The van der Waals surface area contributed by atoms with Crippen molar-refractivity contribution in [1.29, 1.82) is 0 Å². The van der Waals surface area contributed by atoms with E-state index in [1.807, 2.05) is 0 Å². The van der Waals surface area contributed by atoms with Gasteiger partial charge in [-0.1, -0.05) is 23.3 Å². The molecule has 0 nitrogen and oxygen atoms in total. The second-order valence-electron chi connectivity index (χ2n) is 13.9. The molecule has 0 heterocycles. The van der Waals surface area contributed by atoms with E-state index in [9.17, 15) is 17.6 Å². The Labute approximate surface area is 319 Å². The second kappa shape index (κ2) is 13.1. The third-order valence-electron chi connectivity index (χ3n) is 11.6. The van der Waals surface area contributed by atoms with Gasteiger partial charge in [0.15, 0.2) is 116 Å². The highest BCUT2D eigenvalue weighted by atomic mass is 19.2. The maximum absolute atomic E-state index is 17.0. The monoisotopic (exact) mass is 903 g/mol. The molecule has 4 atom stereocenters. The van der Waals surface area contributed by atoms with Crippen LogP contribution in [0.1, 0.15) is 67.8 Å². The van der Waals surface area contributed by atoms with Crippen LogP contribution in [0.2, 0.25) is 0 Å². The average molecular weight is 903 g/mol. The Hall–Kier alpha value is -5.78. The van der Waals surface area contributed by atoms with Crippen LogP contribution < -0.4 is 0 Å². The molecule has 4 aromatic rings. The van der Waals surface area contributed by atoms with Crippen LogP contribution in [0.25, 0.3) is 23.3 Å². The van der Waals surface area contributed by atoms with Crippen LogP contribution in [-0.4, -0.2) is 6.15 Å². The maximum Gasteiger partial charge on any atom is 0.198 e. The summed E-state index contributed by atoms with van der Waals surface area (Å²) >= 11 is 0. The van der Waals surface area contributed by atoms with Crippen molar-refractivity contribution in [3.8, 4) is 0 Å². The SMILES string of the molecule is FC1=C(F)C([B-](C2C(F)=C(F)c3c(F)c(F)c(F)c(F)c32)(C2C(F)=C(F)c3c(F)c(F)c(F)c(F)c32)C2C(F)=C(F)c3c(F)c(F)c(F)c(F)c32)c2c(F)c(F)c(F)c(F)c21. The van der Waals surface area contributed by atoms with Crippen molar-refractivity contribution in [3.63, 3.8) is 0 Å². The van der Waals surface area contributed by atoms with Gasteiger partial charge < -0.3 is 0 Å². The summed E-state index contributed by atoms with van der Waals surface area (Å²) in [6.45, 7) is 0. The zero-order valence-corrected chi connectivity index (χ0v) is 28.0. The Bertz CT molecular complexity index is 2550. The Balaban J connectivity index is 1.75. The third-order valence-corrected chi connectivity index (χ3v) is 11.6. The first kappa shape index (κ1) is 41.9. The quantitative estimate of drug-likeness (QED) is 0.0829. The number of fused-ring (bicyclic) bond motifs is 4. The molecule has 0 amide bonds. The van der Waals surface area contributed by atoms with Gasteiger partial charge in [-0.2, -0.15) is 0 Å². The molecule has 0 saturated heterocycles. The fraction of sp³-hybridized carbons (Fsp3) is 0.111. The van der Waals surface area contributed by atoms with Crippen LogP contribution in [0, 0.1) is 93.1 Å². The zero-order chi connectivity index (χ0) is 45.3. The van der Waals surface area contributed by atoms with E-state index in [0.29, 0.717) is 0 Å². The van der Waals surface area contributed by atoms with Crippen molar-refractivity contribution < 1.29 is 105 Å². The van der Waals surface area contributed by atoms with Crippen LogP contribution >= 0.6 is 0 Å². The van der Waals surface area contributed by atoms with Gasteiger partial charge in [0.2, 0.25) is 0 Å². The van der Waals surface area contributed by atoms with E-state index < -0.39 is 214 Å². The normalized spacial score (nSPS) is 21.6. The fourth-order valence-electron chi connectivity index (χ4n) is 9.47. The Morgan fingerprint density at radius 3 is 0.508 bits per heavy atom. The number of halogens is 24. The van der Waals surface area contributed by atoms with E-state index in [2.05, 4.69) is 0 Å². The first-order valence-corrected chi connectivity index (χ1v) is 16.2. The highest BCUT2D eigenvalue weighted by Gasteiger charge is 2.67. The molecule has 0 aliphatic heterocycles. The van der Waals surface area contributed by atoms with Crippen LogP contribution in [0.3, 0.4) is 0 Å². The topological polar surface area (TPSA) is 0 Å². The molecule has 25 heteroatoms. The maximum atomic E-state index is 17.0. The van der Waals surface area contributed by atoms with Crippen LogP contribution in [0.4, 0.5) is 105 Å². The highest BCUT2D eigenvalue weighted by Crippen LogP contribution is 2.72. The molecule has 61 heavy (non-hydrogen) atoms. The number of benzene rings is 4. The van der Waals surface area contributed by atoms with Crippen LogP contribution in [-0.2, 0) is 0 Å². The zero-order valence-electron chi connectivity index (χ0n) is 28.0. The van der Waals surface area contributed by atoms with E-state index in [1.165, 1.54) is 0 Å². The molecule has 8 rings (SSSR count). The molecular weight excluding hydrogens is 899 g/mol. The summed E-state index contributed by atoms with van der Waals surface area (Å²) < 4.78 is 377. The van der Waals surface area contributed by atoms with Crippen molar-refractivity contribution in [2.75, 3.05) is 0 Å². The van der Waals surface area contributed by atoms with Gasteiger partial charge in [0, 0.05) is 0 Å². The van der Waals surface area contributed by atoms with E-state index in [4.69, 9.17) is 0 Å². The molecule has 4 aromatic carbocycles. The smallest absolute Gasteiger partial charge is 0.198 e. The summed E-state index contributed by atoms with van der Waals surface area (Å²) in [5, 5.41) is 0. The molecule has 4 aliphatic carbocycles. The summed E-state index contributed by atoms with van der Waals surface area (Å²) in [5.74, 6) is -96.3. The van der Waals surface area contributed by atoms with Gasteiger partial charge in [-0.05, 0) is 22.3 Å². The molecule has 4 aliphatic rings. The Morgan fingerprint density at radius 1 is 0.197 bits per heavy atom. The average Bonchev–Trinajstić information content (AvgIpc) is 3.86. The molecule has 0 radical (unpaired) electrons. The van der Waals surface area contributed by atoms with Gasteiger partial charge in [0.05, 0.1) is 28.4 Å². The van der Waals surface area contributed by atoms with E-state index in [0.717, 1.165) is 0 Å². The number of allylic oxidation sites excluding steroid dienone is 4. The standard InChI is InChI=1S/C36H4BF24/c38-13-1-5(21(46)33(58)29(13)54)17(42)25(50)9(1)37(10-2-6(18(43)26(10)51)22(47)34(59)30(55)14(2)39,11-3-7(19(44)27(11)52)23(48)35(60)31(56)15(3)40)12-4-8(20(45)28(12)53)24(49)36(61)32(57)16(4)41/h9-12H/q-1. The lowest BCUT2D eigenvalue weighted by Gasteiger charge is -2.57. The summed E-state index contributed by atoms with van der Waals surface area (Å²) in [4.78, 5) is 0. The molecule has 4 unspecified atom stereocenters. The van der Waals surface area contributed by atoms with Crippen LogP contribution in [0.15, 0.2) is 23.3 Å². The third kappa shape index (κ3) is 4.66. The van der Waals surface area contributed by atoms with Crippen molar-refractivity contribution >= 4 is 29.5 Å². The van der Waals surface area contributed by atoms with Gasteiger partial charge in [-0.15, -0.1) is 0 Å². The Kier molecular flexibility index (Phi) is 9.02. The molecule has 320 valence electrons. The first-order chi connectivity index (χ1) is 28.3. The van der Waals surface area contributed by atoms with Gasteiger partial charge in [0.1, 0.15) is 23.3 Å².